The highest BCUT2D eigenvalue weighted by molar-refractivity contribution is 7.15. The molecule has 1 atom stereocenters. The van der Waals surface area contributed by atoms with Crippen LogP contribution in [0, 0.1) is 12.8 Å². The molecule has 0 unspecified atom stereocenters. The smallest absolute Gasteiger partial charge is 0.339 e. The van der Waals surface area contributed by atoms with E-state index in [1.165, 1.54) is 17.4 Å². The Kier molecular flexibility index (Phi) is 4.62. The van der Waals surface area contributed by atoms with Gasteiger partial charge in [0.05, 0.1) is 16.8 Å². The highest BCUT2D eigenvalue weighted by Gasteiger charge is 2.26. The fraction of sp³-hybridized carbons (Fsp3) is 0.304. The van der Waals surface area contributed by atoms with Crippen molar-refractivity contribution in [2.45, 2.75) is 39.7 Å². The van der Waals surface area contributed by atoms with Gasteiger partial charge < -0.3 is 4.74 Å². The zero-order valence-electron chi connectivity index (χ0n) is 16.8. The van der Waals surface area contributed by atoms with Crippen molar-refractivity contribution in [2.75, 3.05) is 0 Å². The molecule has 4 aromatic rings. The minimum Gasteiger partial charge on any atom is -0.456 e. The summed E-state index contributed by atoms with van der Waals surface area (Å²) < 4.78 is 7.22. The molecule has 6 nitrogen and oxygen atoms in total. The lowest BCUT2D eigenvalue weighted by atomic mass is 9.84. The molecular weight excluding hydrogens is 398 g/mol. The number of aromatic nitrogens is 3. The monoisotopic (exact) mass is 419 g/mol. The highest BCUT2D eigenvalue weighted by atomic mass is 32.1. The van der Waals surface area contributed by atoms with Crippen molar-refractivity contribution < 1.29 is 9.53 Å². The van der Waals surface area contributed by atoms with Crippen molar-refractivity contribution >= 4 is 33.2 Å². The summed E-state index contributed by atoms with van der Waals surface area (Å²) >= 11 is 1.40. The molecule has 5 rings (SSSR count). The summed E-state index contributed by atoms with van der Waals surface area (Å²) in [5.41, 5.74) is 4.54. The summed E-state index contributed by atoms with van der Waals surface area (Å²) in [6.45, 7) is 4.02. The third kappa shape index (κ3) is 3.19. The first-order chi connectivity index (χ1) is 14.5. The van der Waals surface area contributed by atoms with Gasteiger partial charge in [0, 0.05) is 28.2 Å². The SMILES string of the molecule is Cc1csc2nc(COC(=O)c3c4c(nc5ccccc35)CC[C@@H](C)C4)cc(=O)n12. The van der Waals surface area contributed by atoms with Crippen LogP contribution >= 0.6 is 11.3 Å². The largest absolute Gasteiger partial charge is 0.456 e. The lowest BCUT2D eigenvalue weighted by Gasteiger charge is -2.24. The van der Waals surface area contributed by atoms with Gasteiger partial charge in [-0.25, -0.2) is 9.78 Å². The molecule has 0 saturated carbocycles. The lowest BCUT2D eigenvalue weighted by molar-refractivity contribution is 0.0468. The van der Waals surface area contributed by atoms with Crippen molar-refractivity contribution in [3.63, 3.8) is 0 Å². The average molecular weight is 420 g/mol. The molecular formula is C23H21N3O3S. The van der Waals surface area contributed by atoms with Crippen molar-refractivity contribution in [3.8, 4) is 0 Å². The second-order valence-corrected chi connectivity index (χ2v) is 8.77. The van der Waals surface area contributed by atoms with Crippen LogP contribution in [0.4, 0.5) is 0 Å². The molecule has 7 heteroatoms. The topological polar surface area (TPSA) is 73.6 Å². The Morgan fingerprint density at radius 1 is 1.30 bits per heavy atom. The molecule has 0 spiro atoms. The van der Waals surface area contributed by atoms with E-state index >= 15 is 0 Å². The number of ether oxygens (including phenoxy) is 1. The number of pyridine rings is 1. The Labute approximate surface area is 177 Å². The number of nitrogens with zero attached hydrogens (tertiary/aromatic N) is 3. The van der Waals surface area contributed by atoms with Gasteiger partial charge >= 0.3 is 5.97 Å². The highest BCUT2D eigenvalue weighted by Crippen LogP contribution is 2.32. The maximum atomic E-state index is 13.2. The predicted octanol–water partition coefficient (Wildman–Crippen LogP) is 4.09. The number of fused-ring (bicyclic) bond motifs is 3. The standard InChI is InChI=1S/C23H21N3O3S/c1-13-7-8-19-17(9-13)21(16-5-3-4-6-18(16)25-19)22(28)29-11-15-10-20(27)26-14(2)12-30-23(26)24-15/h3-6,10,12-13H,7-9,11H2,1-2H3/t13-/m1/s1. The second kappa shape index (κ2) is 7.32. The normalized spacial score (nSPS) is 16.0. The summed E-state index contributed by atoms with van der Waals surface area (Å²) in [6.07, 6.45) is 2.76. The fourth-order valence-corrected chi connectivity index (χ4v) is 5.07. The third-order valence-electron chi connectivity index (χ3n) is 5.69. The number of esters is 1. The molecule has 3 aromatic heterocycles. The molecule has 0 amide bonds. The quantitative estimate of drug-likeness (QED) is 0.468. The molecule has 1 aliphatic rings. The number of rotatable bonds is 3. The van der Waals surface area contributed by atoms with Crippen LogP contribution in [0.5, 0.6) is 0 Å². The number of hydrogen-bond donors (Lipinski definition) is 0. The maximum absolute atomic E-state index is 13.2. The summed E-state index contributed by atoms with van der Waals surface area (Å²) in [5, 5.41) is 2.70. The fourth-order valence-electron chi connectivity index (χ4n) is 4.18. The molecule has 3 heterocycles. The van der Waals surface area contributed by atoms with E-state index in [-0.39, 0.29) is 18.1 Å². The first-order valence-electron chi connectivity index (χ1n) is 10.1. The third-order valence-corrected chi connectivity index (χ3v) is 6.63. The van der Waals surface area contributed by atoms with Crippen molar-refractivity contribution in [2.24, 2.45) is 5.92 Å². The van der Waals surface area contributed by atoms with E-state index in [9.17, 15) is 9.59 Å². The van der Waals surface area contributed by atoms with Gasteiger partial charge in [0.25, 0.3) is 5.56 Å². The first-order valence-corrected chi connectivity index (χ1v) is 10.9. The van der Waals surface area contributed by atoms with Gasteiger partial charge in [-0.15, -0.1) is 11.3 Å². The van der Waals surface area contributed by atoms with Gasteiger partial charge in [-0.3, -0.25) is 14.2 Å². The molecule has 152 valence electrons. The van der Waals surface area contributed by atoms with Gasteiger partial charge in [-0.05, 0) is 43.7 Å². The van der Waals surface area contributed by atoms with Gasteiger partial charge in [0.1, 0.15) is 6.61 Å². The van der Waals surface area contributed by atoms with E-state index in [4.69, 9.17) is 9.72 Å². The summed E-state index contributed by atoms with van der Waals surface area (Å²) in [6, 6.07) is 9.12. The van der Waals surface area contributed by atoms with E-state index in [2.05, 4.69) is 11.9 Å². The molecule has 0 saturated heterocycles. The maximum Gasteiger partial charge on any atom is 0.339 e. The van der Waals surface area contributed by atoms with E-state index in [0.29, 0.717) is 22.1 Å². The van der Waals surface area contributed by atoms with Crippen LogP contribution < -0.4 is 5.56 Å². The number of hydrogen-bond acceptors (Lipinski definition) is 6. The van der Waals surface area contributed by atoms with Crippen LogP contribution in [-0.4, -0.2) is 20.3 Å². The summed E-state index contributed by atoms with van der Waals surface area (Å²) in [5.74, 6) is 0.113. The van der Waals surface area contributed by atoms with Crippen LogP contribution in [0.15, 0.2) is 40.5 Å². The number of aryl methyl sites for hydroxylation is 2. The Morgan fingerprint density at radius 2 is 2.13 bits per heavy atom. The molecule has 1 aromatic carbocycles. The summed E-state index contributed by atoms with van der Waals surface area (Å²) in [7, 11) is 0. The minimum atomic E-state index is -0.386. The van der Waals surface area contributed by atoms with E-state index in [1.807, 2.05) is 36.6 Å². The zero-order valence-corrected chi connectivity index (χ0v) is 17.7. The first kappa shape index (κ1) is 18.9. The van der Waals surface area contributed by atoms with Crippen LogP contribution in [0.2, 0.25) is 0 Å². The van der Waals surface area contributed by atoms with Gasteiger partial charge in [0.2, 0.25) is 0 Å². The Balaban J connectivity index is 1.51. The minimum absolute atomic E-state index is 0.0392. The average Bonchev–Trinajstić information content (AvgIpc) is 3.11. The van der Waals surface area contributed by atoms with Crippen molar-refractivity contribution in [1.82, 2.24) is 14.4 Å². The predicted molar refractivity (Wildman–Crippen MR) is 116 cm³/mol. The van der Waals surface area contributed by atoms with Crippen molar-refractivity contribution in [3.05, 3.63) is 74.3 Å². The van der Waals surface area contributed by atoms with Crippen LogP contribution in [-0.2, 0) is 24.2 Å². The number of para-hydroxylation sites is 1. The number of benzene rings is 1. The van der Waals surface area contributed by atoms with E-state index in [1.54, 1.807) is 4.40 Å². The molecule has 0 radical (unpaired) electrons. The van der Waals surface area contributed by atoms with Gasteiger partial charge in [-0.1, -0.05) is 25.1 Å². The number of thiazole rings is 1. The van der Waals surface area contributed by atoms with E-state index < -0.39 is 0 Å². The Bertz CT molecular complexity index is 1360. The molecule has 1 aliphatic carbocycles. The molecule has 0 bridgehead atoms. The Hall–Kier alpha value is -3.06. The van der Waals surface area contributed by atoms with Crippen LogP contribution in [0.25, 0.3) is 15.9 Å². The molecule has 0 fully saturated rings. The van der Waals surface area contributed by atoms with Gasteiger partial charge in [0.15, 0.2) is 4.96 Å². The number of carbonyl (C=O) groups is 1. The Morgan fingerprint density at radius 3 is 3.00 bits per heavy atom. The molecule has 0 aliphatic heterocycles. The van der Waals surface area contributed by atoms with Crippen LogP contribution in [0.3, 0.4) is 0 Å². The van der Waals surface area contributed by atoms with Crippen molar-refractivity contribution in [1.29, 1.82) is 0 Å². The number of carbonyl (C=O) groups excluding carboxylic acids is 1. The lowest BCUT2D eigenvalue weighted by Crippen LogP contribution is -2.20. The van der Waals surface area contributed by atoms with Gasteiger partial charge in [-0.2, -0.15) is 0 Å². The second-order valence-electron chi connectivity index (χ2n) is 7.93. The zero-order chi connectivity index (χ0) is 20.8. The van der Waals surface area contributed by atoms with E-state index in [0.717, 1.165) is 47.1 Å². The molecule has 30 heavy (non-hydrogen) atoms. The van der Waals surface area contributed by atoms with Crippen LogP contribution in [0.1, 0.15) is 46.3 Å². The summed E-state index contributed by atoms with van der Waals surface area (Å²) in [4.78, 5) is 35.5. The molecule has 0 N–H and O–H groups in total.